The van der Waals surface area contributed by atoms with Gasteiger partial charge in [0.15, 0.2) is 12.4 Å². The molecule has 0 aliphatic rings. The molecule has 2 heterocycles. The van der Waals surface area contributed by atoms with Crippen LogP contribution < -0.4 is 15.2 Å². The zero-order chi connectivity index (χ0) is 26.2. The Labute approximate surface area is 214 Å². The summed E-state index contributed by atoms with van der Waals surface area (Å²) in [5, 5.41) is 16.0. The molecule has 0 saturated heterocycles. The highest BCUT2D eigenvalue weighted by Crippen LogP contribution is 2.19. The number of carboxylic acids is 1. The number of amides is 2. The van der Waals surface area contributed by atoms with Gasteiger partial charge in [0.1, 0.15) is 6.04 Å². The van der Waals surface area contributed by atoms with E-state index in [-0.39, 0.29) is 19.2 Å². The number of hydrogen-bond acceptors (Lipinski definition) is 4. The fourth-order valence-corrected chi connectivity index (χ4v) is 4.05. The molecule has 0 fully saturated rings. The number of carbonyl (C=O) groups excluding carboxylic acids is 2. The molecule has 4 aromatic rings. The van der Waals surface area contributed by atoms with Crippen LogP contribution in [0.2, 0.25) is 0 Å². The van der Waals surface area contributed by atoms with Crippen LogP contribution in [0.5, 0.6) is 0 Å². The summed E-state index contributed by atoms with van der Waals surface area (Å²) < 4.78 is 6.85. The van der Waals surface area contributed by atoms with Crippen LogP contribution in [0.4, 0.5) is 4.79 Å². The molecule has 2 amide bonds. The van der Waals surface area contributed by atoms with Crippen molar-refractivity contribution in [2.45, 2.75) is 38.6 Å². The van der Waals surface area contributed by atoms with Gasteiger partial charge in [0, 0.05) is 41.7 Å². The second-order valence-electron chi connectivity index (χ2n) is 8.82. The molecular weight excluding hydrogens is 472 g/mol. The first-order valence-electron chi connectivity index (χ1n) is 11.9. The number of pyridine rings is 1. The first-order valence-corrected chi connectivity index (χ1v) is 11.9. The van der Waals surface area contributed by atoms with Gasteiger partial charge in [-0.25, -0.2) is 9.59 Å². The van der Waals surface area contributed by atoms with E-state index in [4.69, 9.17) is 4.74 Å². The molecule has 0 bridgehead atoms. The van der Waals surface area contributed by atoms with Gasteiger partial charge in [-0.15, -0.1) is 0 Å². The lowest BCUT2D eigenvalue weighted by Gasteiger charge is -2.14. The largest absolute Gasteiger partial charge is 0.480 e. The Balaban J connectivity index is 1.28. The van der Waals surface area contributed by atoms with E-state index in [0.717, 1.165) is 22.0 Å². The first-order chi connectivity index (χ1) is 17.9. The molecule has 190 valence electrons. The molecule has 2 atom stereocenters. The Hall–Kier alpha value is -4.66. The molecule has 2 aromatic carbocycles. The minimum atomic E-state index is -1.12. The Morgan fingerprint density at radius 2 is 1.65 bits per heavy atom. The molecule has 9 heteroatoms. The number of ether oxygens (including phenoxy) is 1. The second kappa shape index (κ2) is 11.9. The maximum Gasteiger partial charge on any atom is 0.412 e. The maximum absolute atomic E-state index is 12.7. The number of rotatable bonds is 10. The van der Waals surface area contributed by atoms with E-state index < -0.39 is 24.0 Å². The van der Waals surface area contributed by atoms with Crippen molar-refractivity contribution in [3.8, 4) is 0 Å². The van der Waals surface area contributed by atoms with Gasteiger partial charge in [-0.2, -0.15) is 4.57 Å². The Morgan fingerprint density at radius 1 is 0.946 bits per heavy atom. The number of hydrogen-bond donors (Lipinski definition) is 4. The molecule has 4 rings (SSSR count). The van der Waals surface area contributed by atoms with Gasteiger partial charge in [0.25, 0.3) is 12.6 Å². The molecule has 0 aliphatic heterocycles. The summed E-state index contributed by atoms with van der Waals surface area (Å²) in [6.45, 7) is 1.86. The van der Waals surface area contributed by atoms with Gasteiger partial charge in [0.2, 0.25) is 0 Å². The topological polar surface area (TPSA) is 124 Å². The fourth-order valence-electron chi connectivity index (χ4n) is 4.05. The number of H-pyrrole nitrogens is 1. The van der Waals surface area contributed by atoms with Gasteiger partial charge in [-0.1, -0.05) is 48.5 Å². The molecule has 37 heavy (non-hydrogen) atoms. The third-order valence-corrected chi connectivity index (χ3v) is 5.95. The lowest BCUT2D eigenvalue weighted by molar-refractivity contribution is -0.727. The third kappa shape index (κ3) is 6.94. The van der Waals surface area contributed by atoms with Crippen LogP contribution in [-0.4, -0.2) is 40.1 Å². The number of aromatic nitrogens is 2. The van der Waals surface area contributed by atoms with Crippen molar-refractivity contribution < 1.29 is 28.8 Å². The average Bonchev–Trinajstić information content (AvgIpc) is 3.30. The molecular formula is C28H29N4O5+. The summed E-state index contributed by atoms with van der Waals surface area (Å²) in [5.74, 6) is -1.63. The van der Waals surface area contributed by atoms with Gasteiger partial charge in [-0.3, -0.25) is 4.79 Å². The van der Waals surface area contributed by atoms with Crippen LogP contribution in [0.1, 0.15) is 28.4 Å². The third-order valence-electron chi connectivity index (χ3n) is 5.95. The van der Waals surface area contributed by atoms with Gasteiger partial charge in [-0.05, 0) is 30.5 Å². The molecule has 0 spiro atoms. The quantitative estimate of drug-likeness (QED) is 0.249. The number of para-hydroxylation sites is 1. The van der Waals surface area contributed by atoms with E-state index >= 15 is 0 Å². The number of fused-ring (bicyclic) bond motifs is 1. The summed E-state index contributed by atoms with van der Waals surface area (Å²) in [7, 11) is 0. The number of nitrogens with zero attached hydrogens (tertiary/aromatic N) is 1. The number of aromatic amines is 1. The van der Waals surface area contributed by atoms with Crippen LogP contribution in [0.3, 0.4) is 0 Å². The van der Waals surface area contributed by atoms with Crippen molar-refractivity contribution in [3.05, 3.63) is 102 Å². The minimum Gasteiger partial charge on any atom is -0.480 e. The predicted molar refractivity (Wildman–Crippen MR) is 137 cm³/mol. The van der Waals surface area contributed by atoms with E-state index in [2.05, 4.69) is 15.6 Å². The zero-order valence-electron chi connectivity index (χ0n) is 20.4. The molecule has 0 unspecified atom stereocenters. The van der Waals surface area contributed by atoms with Crippen molar-refractivity contribution in [2.75, 3.05) is 0 Å². The van der Waals surface area contributed by atoms with E-state index in [0.29, 0.717) is 12.0 Å². The first kappa shape index (κ1) is 25.4. The number of nitrogens with one attached hydrogen (secondary N) is 3. The SMILES string of the molecule is C[C@@H](Cc1ccccc1)NC(=O)OC[n+]1ccc(C(=O)N[C@@H](Cc2c[nH]c3ccccc23)C(=O)O)cc1. The number of carboxylic acid groups (broad SMARTS) is 1. The summed E-state index contributed by atoms with van der Waals surface area (Å²) in [4.78, 5) is 39.8. The highest BCUT2D eigenvalue weighted by atomic mass is 16.6. The number of benzene rings is 2. The van der Waals surface area contributed by atoms with E-state index in [9.17, 15) is 19.5 Å². The Morgan fingerprint density at radius 3 is 2.38 bits per heavy atom. The van der Waals surface area contributed by atoms with Crippen LogP contribution in [0, 0.1) is 0 Å². The lowest BCUT2D eigenvalue weighted by Crippen LogP contribution is -2.43. The van der Waals surface area contributed by atoms with Crippen molar-refractivity contribution in [3.63, 3.8) is 0 Å². The molecule has 0 aliphatic carbocycles. The number of alkyl carbamates (subject to hydrolysis) is 1. The van der Waals surface area contributed by atoms with Gasteiger partial charge < -0.3 is 25.5 Å². The summed E-state index contributed by atoms with van der Waals surface area (Å²) in [5.41, 5.74) is 3.12. The Kier molecular flexibility index (Phi) is 8.15. The fraction of sp³-hybridized carbons (Fsp3) is 0.214. The molecule has 0 radical (unpaired) electrons. The van der Waals surface area contributed by atoms with Crippen LogP contribution >= 0.6 is 0 Å². The van der Waals surface area contributed by atoms with Crippen LogP contribution in [-0.2, 0) is 29.1 Å². The van der Waals surface area contributed by atoms with E-state index in [1.807, 2.05) is 61.5 Å². The van der Waals surface area contributed by atoms with E-state index in [1.54, 1.807) is 35.3 Å². The smallest absolute Gasteiger partial charge is 0.412 e. The predicted octanol–water partition coefficient (Wildman–Crippen LogP) is 3.20. The van der Waals surface area contributed by atoms with E-state index in [1.165, 1.54) is 0 Å². The monoisotopic (exact) mass is 501 g/mol. The maximum atomic E-state index is 12.7. The van der Waals surface area contributed by atoms with Crippen molar-refractivity contribution in [1.29, 1.82) is 0 Å². The Bertz CT molecular complexity index is 1370. The highest BCUT2D eigenvalue weighted by Gasteiger charge is 2.23. The van der Waals surface area contributed by atoms with Crippen LogP contribution in [0.15, 0.2) is 85.3 Å². The average molecular weight is 502 g/mol. The molecule has 0 saturated carbocycles. The summed E-state index contributed by atoms with van der Waals surface area (Å²) >= 11 is 0. The highest BCUT2D eigenvalue weighted by molar-refractivity contribution is 5.96. The molecule has 4 N–H and O–H groups in total. The lowest BCUT2D eigenvalue weighted by atomic mass is 10.0. The summed E-state index contributed by atoms with van der Waals surface area (Å²) in [6.07, 6.45) is 5.22. The van der Waals surface area contributed by atoms with Crippen molar-refractivity contribution in [1.82, 2.24) is 15.6 Å². The van der Waals surface area contributed by atoms with Crippen LogP contribution in [0.25, 0.3) is 10.9 Å². The minimum absolute atomic E-state index is 0.0376. The molecule has 9 nitrogen and oxygen atoms in total. The van der Waals surface area contributed by atoms with Crippen molar-refractivity contribution in [2.24, 2.45) is 0 Å². The molecule has 2 aromatic heterocycles. The second-order valence-corrected chi connectivity index (χ2v) is 8.82. The number of carbonyl (C=O) groups is 3. The van der Waals surface area contributed by atoms with Gasteiger partial charge >= 0.3 is 12.1 Å². The normalized spacial score (nSPS) is 12.5. The van der Waals surface area contributed by atoms with Gasteiger partial charge in [0.05, 0.1) is 5.56 Å². The standard InChI is InChI=1S/C28H28N4O5/c1-19(15-20-7-3-2-4-8-20)30-28(36)37-18-32-13-11-21(12-14-32)26(33)31-25(27(34)35)16-22-17-29-24-10-6-5-9-23(22)24/h2-14,17,19,25,29H,15-16,18H2,1H3,(H2-,30,31,33,34,35,36)/p+1/t19-,25-/m0/s1. The summed E-state index contributed by atoms with van der Waals surface area (Å²) in [6, 6.07) is 19.3. The zero-order valence-corrected chi connectivity index (χ0v) is 20.4. The number of aliphatic carboxylic acids is 1. The van der Waals surface area contributed by atoms with Crippen molar-refractivity contribution >= 4 is 28.9 Å².